The highest BCUT2D eigenvalue weighted by atomic mass is 16.4. The van der Waals surface area contributed by atoms with Crippen molar-refractivity contribution >= 4 is 17.6 Å². The van der Waals surface area contributed by atoms with Crippen LogP contribution in [0.4, 0.5) is 0 Å². The maximum Gasteiger partial charge on any atom is 0.335 e. The van der Waals surface area contributed by atoms with E-state index >= 15 is 0 Å². The topological polar surface area (TPSA) is 37.3 Å². The van der Waals surface area contributed by atoms with Crippen molar-refractivity contribution in [2.75, 3.05) is 0 Å². The minimum Gasteiger partial charge on any atom is -0.478 e. The Bertz CT molecular complexity index is 897. The second-order valence-corrected chi connectivity index (χ2v) is 8.91. The average Bonchev–Trinajstić information content (AvgIpc) is 2.71. The number of carboxylic acids is 1. The molecule has 3 rings (SSSR count). The molecule has 2 aromatic carbocycles. The van der Waals surface area contributed by atoms with Crippen LogP contribution >= 0.6 is 0 Å². The van der Waals surface area contributed by atoms with E-state index in [1.54, 1.807) is 12.1 Å². The van der Waals surface area contributed by atoms with Gasteiger partial charge in [0.25, 0.3) is 0 Å². The molecule has 2 heteroatoms. The van der Waals surface area contributed by atoms with E-state index < -0.39 is 5.97 Å². The van der Waals surface area contributed by atoms with E-state index in [1.165, 1.54) is 27.8 Å². The van der Waals surface area contributed by atoms with Gasteiger partial charge in [-0.25, -0.2) is 4.79 Å². The molecule has 0 aliphatic heterocycles. The van der Waals surface area contributed by atoms with Gasteiger partial charge in [0.05, 0.1) is 5.56 Å². The number of hydrogen-bond acceptors (Lipinski definition) is 1. The number of aromatic carboxylic acids is 1. The number of fused-ring (bicyclic) bond motifs is 1. The van der Waals surface area contributed by atoms with E-state index in [2.05, 4.69) is 59.8 Å². The van der Waals surface area contributed by atoms with Crippen molar-refractivity contribution in [3.63, 3.8) is 0 Å². The van der Waals surface area contributed by atoms with Crippen LogP contribution in [0, 0.1) is 6.92 Å². The molecule has 0 saturated heterocycles. The van der Waals surface area contributed by atoms with E-state index in [0.29, 0.717) is 5.56 Å². The molecule has 1 aliphatic rings. The molecule has 0 amide bonds. The summed E-state index contributed by atoms with van der Waals surface area (Å²) in [4.78, 5) is 11.0. The molecular weight excluding hydrogens is 320 g/mol. The summed E-state index contributed by atoms with van der Waals surface area (Å²) in [5.41, 5.74) is 8.44. The van der Waals surface area contributed by atoms with Gasteiger partial charge in [0.2, 0.25) is 0 Å². The predicted octanol–water partition coefficient (Wildman–Crippen LogP) is 6.21. The van der Waals surface area contributed by atoms with Gasteiger partial charge in [-0.2, -0.15) is 0 Å². The van der Waals surface area contributed by atoms with Crippen molar-refractivity contribution in [1.82, 2.24) is 0 Å². The van der Waals surface area contributed by atoms with Crippen molar-refractivity contribution in [2.45, 2.75) is 58.8 Å². The quantitative estimate of drug-likeness (QED) is 0.669. The number of hydrogen-bond donors (Lipinski definition) is 1. The smallest absolute Gasteiger partial charge is 0.335 e. The first kappa shape index (κ1) is 18.4. The predicted molar refractivity (Wildman–Crippen MR) is 109 cm³/mol. The molecule has 0 fully saturated rings. The first-order valence-corrected chi connectivity index (χ1v) is 9.19. The largest absolute Gasteiger partial charge is 0.478 e. The SMILES string of the molecule is C/C(=C\c1ccc(C(=O)O)cc1)c1cc2c(cc1C)C(C)(C)CC2(C)C. The summed E-state index contributed by atoms with van der Waals surface area (Å²) in [6, 6.07) is 11.8. The molecule has 0 aromatic heterocycles. The van der Waals surface area contributed by atoms with Crippen LogP contribution in [-0.2, 0) is 10.8 Å². The van der Waals surface area contributed by atoms with Gasteiger partial charge in [-0.15, -0.1) is 0 Å². The third-order valence-corrected chi connectivity index (χ3v) is 5.67. The zero-order valence-electron chi connectivity index (χ0n) is 16.6. The molecule has 0 saturated carbocycles. The minimum absolute atomic E-state index is 0.185. The summed E-state index contributed by atoms with van der Waals surface area (Å²) in [6.45, 7) is 13.7. The Hall–Kier alpha value is -2.35. The van der Waals surface area contributed by atoms with Gasteiger partial charge in [-0.3, -0.25) is 0 Å². The number of rotatable bonds is 3. The molecule has 26 heavy (non-hydrogen) atoms. The molecule has 2 aromatic rings. The zero-order valence-corrected chi connectivity index (χ0v) is 16.6. The van der Waals surface area contributed by atoms with Gasteiger partial charge in [-0.05, 0) is 76.6 Å². The van der Waals surface area contributed by atoms with Crippen molar-refractivity contribution < 1.29 is 9.90 Å². The lowest BCUT2D eigenvalue weighted by Crippen LogP contribution is -2.17. The third-order valence-electron chi connectivity index (χ3n) is 5.67. The standard InChI is InChI=1S/C24H28O2/c1-15(11-17-7-9-18(10-8-17)22(25)26)19-13-21-20(12-16(19)2)23(3,4)14-24(21,5)6/h7-13H,14H2,1-6H3,(H,25,26)/b15-11+. The van der Waals surface area contributed by atoms with Crippen molar-refractivity contribution in [3.05, 3.63) is 69.8 Å². The van der Waals surface area contributed by atoms with Crippen LogP contribution in [0.5, 0.6) is 0 Å². The fourth-order valence-corrected chi connectivity index (χ4v) is 4.60. The fraction of sp³-hybridized carbons (Fsp3) is 0.375. The highest BCUT2D eigenvalue weighted by molar-refractivity contribution is 5.88. The van der Waals surface area contributed by atoms with E-state index in [-0.39, 0.29) is 10.8 Å². The minimum atomic E-state index is -0.892. The van der Waals surface area contributed by atoms with E-state index in [4.69, 9.17) is 5.11 Å². The van der Waals surface area contributed by atoms with Gasteiger partial charge in [0.1, 0.15) is 0 Å². The molecule has 1 N–H and O–H groups in total. The molecule has 136 valence electrons. The first-order chi connectivity index (χ1) is 12.0. The van der Waals surface area contributed by atoms with E-state index in [1.807, 2.05) is 12.1 Å². The lowest BCUT2D eigenvalue weighted by Gasteiger charge is -2.22. The molecule has 2 nitrogen and oxygen atoms in total. The zero-order chi connectivity index (χ0) is 19.3. The molecule has 0 bridgehead atoms. The Labute approximate surface area is 156 Å². The van der Waals surface area contributed by atoms with Crippen LogP contribution in [0.1, 0.15) is 79.2 Å². The molecule has 1 aliphatic carbocycles. The van der Waals surface area contributed by atoms with Crippen LogP contribution in [0.15, 0.2) is 36.4 Å². The molecule has 0 spiro atoms. The van der Waals surface area contributed by atoms with Gasteiger partial charge in [0.15, 0.2) is 0 Å². The third kappa shape index (κ3) is 3.21. The Morgan fingerprint density at radius 2 is 1.54 bits per heavy atom. The Kier molecular flexibility index (Phi) is 4.34. The lowest BCUT2D eigenvalue weighted by atomic mass is 9.82. The summed E-state index contributed by atoms with van der Waals surface area (Å²) in [5.74, 6) is -0.892. The van der Waals surface area contributed by atoms with Crippen molar-refractivity contribution in [1.29, 1.82) is 0 Å². The summed E-state index contributed by atoms with van der Waals surface area (Å²) in [7, 11) is 0. The number of allylic oxidation sites excluding steroid dienone is 1. The Balaban J connectivity index is 2.03. The van der Waals surface area contributed by atoms with Crippen LogP contribution in [0.3, 0.4) is 0 Å². The number of carboxylic acid groups (broad SMARTS) is 1. The second-order valence-electron chi connectivity index (χ2n) is 8.91. The maximum absolute atomic E-state index is 11.0. The van der Waals surface area contributed by atoms with Crippen molar-refractivity contribution in [3.8, 4) is 0 Å². The maximum atomic E-state index is 11.0. The molecule has 0 heterocycles. The summed E-state index contributed by atoms with van der Waals surface area (Å²) in [6.07, 6.45) is 3.30. The van der Waals surface area contributed by atoms with Crippen LogP contribution in [-0.4, -0.2) is 11.1 Å². The number of carbonyl (C=O) groups is 1. The average molecular weight is 348 g/mol. The van der Waals surface area contributed by atoms with Gasteiger partial charge in [-0.1, -0.05) is 58.0 Å². The second kappa shape index (κ2) is 6.12. The van der Waals surface area contributed by atoms with Gasteiger partial charge < -0.3 is 5.11 Å². The van der Waals surface area contributed by atoms with Crippen LogP contribution in [0.2, 0.25) is 0 Å². The van der Waals surface area contributed by atoms with Crippen molar-refractivity contribution in [2.24, 2.45) is 0 Å². The van der Waals surface area contributed by atoms with Crippen LogP contribution in [0.25, 0.3) is 11.6 Å². The van der Waals surface area contributed by atoms with Gasteiger partial charge >= 0.3 is 5.97 Å². The Morgan fingerprint density at radius 3 is 2.08 bits per heavy atom. The molecule has 0 unspecified atom stereocenters. The van der Waals surface area contributed by atoms with Crippen LogP contribution < -0.4 is 0 Å². The lowest BCUT2D eigenvalue weighted by molar-refractivity contribution is 0.0697. The normalized spacial score (nSPS) is 17.8. The van der Waals surface area contributed by atoms with Gasteiger partial charge in [0, 0.05) is 0 Å². The molecule has 0 atom stereocenters. The fourth-order valence-electron chi connectivity index (χ4n) is 4.60. The van der Waals surface area contributed by atoms with E-state index in [9.17, 15) is 4.79 Å². The monoisotopic (exact) mass is 348 g/mol. The highest BCUT2D eigenvalue weighted by Gasteiger charge is 2.42. The first-order valence-electron chi connectivity index (χ1n) is 9.19. The molecular formula is C24H28O2. The Morgan fingerprint density at radius 1 is 1.00 bits per heavy atom. The summed E-state index contributed by atoms with van der Waals surface area (Å²) < 4.78 is 0. The highest BCUT2D eigenvalue weighted by Crippen LogP contribution is 2.50. The summed E-state index contributed by atoms with van der Waals surface area (Å²) >= 11 is 0. The number of aryl methyl sites for hydroxylation is 1. The molecule has 0 radical (unpaired) electrons. The number of benzene rings is 2. The summed E-state index contributed by atoms with van der Waals surface area (Å²) in [5, 5.41) is 9.04. The van der Waals surface area contributed by atoms with E-state index in [0.717, 1.165) is 12.0 Å².